The van der Waals surface area contributed by atoms with Crippen molar-refractivity contribution in [3.63, 3.8) is 0 Å². The van der Waals surface area contributed by atoms with E-state index in [0.717, 1.165) is 28.0 Å². The van der Waals surface area contributed by atoms with Crippen LogP contribution in [0.1, 0.15) is 29.3 Å². The maximum Gasteiger partial charge on any atom is 0.223 e. The molecule has 156 valence electrons. The van der Waals surface area contributed by atoms with E-state index in [2.05, 4.69) is 10.6 Å². The van der Waals surface area contributed by atoms with E-state index in [1.807, 2.05) is 47.4 Å². The largest absolute Gasteiger partial charge is 0.338 e. The lowest BCUT2D eigenvalue weighted by molar-refractivity contribution is -0.128. The fourth-order valence-electron chi connectivity index (χ4n) is 4.28. The van der Waals surface area contributed by atoms with Gasteiger partial charge in [-0.1, -0.05) is 54.1 Å². The van der Waals surface area contributed by atoms with E-state index in [-0.39, 0.29) is 17.6 Å². The summed E-state index contributed by atoms with van der Waals surface area (Å²) in [5.74, 6) is 0.701. The average Bonchev–Trinajstić information content (AvgIpc) is 3.32. The topological polar surface area (TPSA) is 38.1 Å². The van der Waals surface area contributed by atoms with Crippen LogP contribution in [0.25, 0.3) is 11.0 Å². The van der Waals surface area contributed by atoms with Gasteiger partial charge >= 0.3 is 0 Å². The van der Waals surface area contributed by atoms with E-state index >= 15 is 0 Å². The number of imidazole rings is 1. The number of amides is 1. The number of likely N-dealkylation sites (tertiary alicyclic amines) is 1. The van der Waals surface area contributed by atoms with E-state index < -0.39 is 0 Å². The maximum absolute atomic E-state index is 13.2. The SMILES string of the molecule is O=C1C[C@@H](c2nc3ccccc3n2Cc2ccccc2Cl)CN1Cc1ccc(F)cc1. The van der Waals surface area contributed by atoms with Crippen molar-refractivity contribution in [2.24, 2.45) is 0 Å². The van der Waals surface area contributed by atoms with Gasteiger partial charge in [0, 0.05) is 30.5 Å². The van der Waals surface area contributed by atoms with Crippen LogP contribution < -0.4 is 0 Å². The van der Waals surface area contributed by atoms with Gasteiger partial charge in [-0.05, 0) is 41.5 Å². The Morgan fingerprint density at radius 1 is 0.968 bits per heavy atom. The number of fused-ring (bicyclic) bond motifs is 1. The second-order valence-corrected chi connectivity index (χ2v) is 8.35. The van der Waals surface area contributed by atoms with E-state index in [1.165, 1.54) is 12.1 Å². The standard InChI is InChI=1S/C25H21ClFN3O/c26-21-6-2-1-5-18(21)16-30-23-8-4-3-7-22(23)28-25(30)19-13-24(31)29(15-19)14-17-9-11-20(27)12-10-17/h1-12,19H,13-16H2/t19-/m1/s1. The molecule has 0 radical (unpaired) electrons. The molecular formula is C25H21ClFN3O. The van der Waals surface area contributed by atoms with Gasteiger partial charge in [-0.2, -0.15) is 0 Å². The minimum absolute atomic E-state index is 0.0113. The first kappa shape index (κ1) is 19.8. The Bertz CT molecular complexity index is 1250. The van der Waals surface area contributed by atoms with Crippen molar-refractivity contribution in [3.05, 3.63) is 101 Å². The molecule has 5 rings (SSSR count). The number of rotatable bonds is 5. The number of hydrogen-bond acceptors (Lipinski definition) is 2. The molecule has 0 bridgehead atoms. The molecule has 1 atom stereocenters. The minimum Gasteiger partial charge on any atom is -0.338 e. The number of benzene rings is 3. The van der Waals surface area contributed by atoms with Crippen LogP contribution in [-0.4, -0.2) is 26.9 Å². The molecule has 1 aliphatic heterocycles. The monoisotopic (exact) mass is 433 g/mol. The van der Waals surface area contributed by atoms with Crippen molar-refractivity contribution in [3.8, 4) is 0 Å². The van der Waals surface area contributed by atoms with Crippen molar-refractivity contribution in [1.29, 1.82) is 0 Å². The first-order chi connectivity index (χ1) is 15.1. The summed E-state index contributed by atoms with van der Waals surface area (Å²) in [6.45, 7) is 1.65. The fraction of sp³-hybridized carbons (Fsp3) is 0.200. The molecule has 1 saturated heterocycles. The van der Waals surface area contributed by atoms with Crippen LogP contribution in [0.4, 0.5) is 4.39 Å². The van der Waals surface area contributed by atoms with Crippen LogP contribution >= 0.6 is 11.6 Å². The molecule has 0 spiro atoms. The van der Waals surface area contributed by atoms with Gasteiger partial charge in [-0.3, -0.25) is 4.79 Å². The smallest absolute Gasteiger partial charge is 0.223 e. The van der Waals surface area contributed by atoms with Gasteiger partial charge in [-0.25, -0.2) is 9.37 Å². The zero-order valence-corrected chi connectivity index (χ0v) is 17.6. The molecule has 4 aromatic rings. The molecule has 3 aromatic carbocycles. The summed E-state index contributed by atoms with van der Waals surface area (Å²) >= 11 is 6.43. The highest BCUT2D eigenvalue weighted by atomic mass is 35.5. The fourth-order valence-corrected chi connectivity index (χ4v) is 4.47. The third-order valence-electron chi connectivity index (χ3n) is 5.84. The van der Waals surface area contributed by atoms with Gasteiger partial charge in [0.25, 0.3) is 0 Å². The Hall–Kier alpha value is -3.18. The zero-order chi connectivity index (χ0) is 21.4. The number of carbonyl (C=O) groups is 1. The second-order valence-electron chi connectivity index (χ2n) is 7.94. The van der Waals surface area contributed by atoms with E-state index in [1.54, 1.807) is 12.1 Å². The van der Waals surface area contributed by atoms with Crippen molar-refractivity contribution >= 4 is 28.5 Å². The summed E-state index contributed by atoms with van der Waals surface area (Å²) in [6, 6.07) is 22.1. The molecule has 1 amide bonds. The lowest BCUT2D eigenvalue weighted by Gasteiger charge is -2.18. The van der Waals surface area contributed by atoms with Crippen molar-refractivity contribution < 1.29 is 9.18 Å². The third kappa shape index (κ3) is 3.93. The van der Waals surface area contributed by atoms with Gasteiger partial charge in [0.15, 0.2) is 0 Å². The highest BCUT2D eigenvalue weighted by molar-refractivity contribution is 6.31. The Kier molecular flexibility index (Phi) is 5.20. The van der Waals surface area contributed by atoms with Crippen molar-refractivity contribution in [2.75, 3.05) is 6.54 Å². The Balaban J connectivity index is 1.46. The molecule has 1 aliphatic rings. The highest BCUT2D eigenvalue weighted by Crippen LogP contribution is 2.32. The van der Waals surface area contributed by atoms with E-state index in [9.17, 15) is 9.18 Å². The average molecular weight is 434 g/mol. The normalized spacial score (nSPS) is 16.4. The van der Waals surface area contributed by atoms with Gasteiger partial charge in [0.1, 0.15) is 11.6 Å². The summed E-state index contributed by atoms with van der Waals surface area (Å²) < 4.78 is 15.4. The number of para-hydroxylation sites is 2. The van der Waals surface area contributed by atoms with Gasteiger partial charge in [0.05, 0.1) is 17.6 Å². The predicted octanol–water partition coefficient (Wildman–Crippen LogP) is 5.39. The van der Waals surface area contributed by atoms with Crippen LogP contribution in [0.3, 0.4) is 0 Å². The number of halogens is 2. The molecule has 6 heteroatoms. The van der Waals surface area contributed by atoms with E-state index in [4.69, 9.17) is 16.6 Å². The molecular weight excluding hydrogens is 413 g/mol. The Labute approximate surface area is 184 Å². The van der Waals surface area contributed by atoms with E-state index in [0.29, 0.717) is 31.1 Å². The van der Waals surface area contributed by atoms with Gasteiger partial charge in [-0.15, -0.1) is 0 Å². The summed E-state index contributed by atoms with van der Waals surface area (Å²) in [6.07, 6.45) is 0.410. The van der Waals surface area contributed by atoms with Crippen LogP contribution in [0.2, 0.25) is 5.02 Å². The number of carbonyl (C=O) groups excluding carboxylic acids is 1. The summed E-state index contributed by atoms with van der Waals surface area (Å²) in [5, 5.41) is 0.715. The number of nitrogens with zero attached hydrogens (tertiary/aromatic N) is 3. The first-order valence-corrected chi connectivity index (χ1v) is 10.7. The van der Waals surface area contributed by atoms with Crippen LogP contribution in [0, 0.1) is 5.82 Å². The Morgan fingerprint density at radius 2 is 1.71 bits per heavy atom. The number of aromatic nitrogens is 2. The molecule has 0 saturated carbocycles. The van der Waals surface area contributed by atoms with Gasteiger partial charge in [0.2, 0.25) is 5.91 Å². The zero-order valence-electron chi connectivity index (χ0n) is 16.8. The molecule has 31 heavy (non-hydrogen) atoms. The molecule has 1 fully saturated rings. The van der Waals surface area contributed by atoms with Crippen LogP contribution in [0.15, 0.2) is 72.8 Å². The van der Waals surface area contributed by atoms with Gasteiger partial charge < -0.3 is 9.47 Å². The summed E-state index contributed by atoms with van der Waals surface area (Å²) in [5.41, 5.74) is 3.87. The minimum atomic E-state index is -0.275. The predicted molar refractivity (Wildman–Crippen MR) is 119 cm³/mol. The molecule has 0 N–H and O–H groups in total. The molecule has 2 heterocycles. The number of hydrogen-bond donors (Lipinski definition) is 0. The Morgan fingerprint density at radius 3 is 2.52 bits per heavy atom. The third-order valence-corrected chi connectivity index (χ3v) is 6.21. The quantitative estimate of drug-likeness (QED) is 0.423. The maximum atomic E-state index is 13.2. The van der Waals surface area contributed by atoms with Crippen molar-refractivity contribution in [1.82, 2.24) is 14.5 Å². The lowest BCUT2D eigenvalue weighted by Crippen LogP contribution is -2.24. The first-order valence-electron chi connectivity index (χ1n) is 10.3. The molecule has 4 nitrogen and oxygen atoms in total. The lowest BCUT2D eigenvalue weighted by atomic mass is 10.1. The second kappa shape index (κ2) is 8.16. The van der Waals surface area contributed by atoms with Crippen LogP contribution in [0.5, 0.6) is 0 Å². The summed E-state index contributed by atoms with van der Waals surface area (Å²) in [4.78, 5) is 19.5. The van der Waals surface area contributed by atoms with Crippen LogP contribution in [-0.2, 0) is 17.9 Å². The summed E-state index contributed by atoms with van der Waals surface area (Å²) in [7, 11) is 0. The highest BCUT2D eigenvalue weighted by Gasteiger charge is 2.34. The molecule has 1 aromatic heterocycles. The van der Waals surface area contributed by atoms with Crippen molar-refractivity contribution in [2.45, 2.75) is 25.4 Å². The molecule has 0 aliphatic carbocycles. The molecule has 0 unspecified atom stereocenters.